The number of ether oxygens (including phenoxy) is 2. The monoisotopic (exact) mass is 458 g/mol. The molecular weight excluding hydrogens is 436 g/mol. The average Bonchev–Trinajstić information content (AvgIpc) is 2.81. The molecule has 1 aliphatic heterocycles. The van der Waals surface area contributed by atoms with E-state index in [-0.39, 0.29) is 41.5 Å². The molecule has 0 spiro atoms. The van der Waals surface area contributed by atoms with Crippen molar-refractivity contribution < 1.29 is 22.7 Å². The first-order valence-electron chi connectivity index (χ1n) is 9.91. The molecule has 10 nitrogen and oxygen atoms in total. The van der Waals surface area contributed by atoms with Gasteiger partial charge in [-0.1, -0.05) is 18.2 Å². The van der Waals surface area contributed by atoms with Crippen molar-refractivity contribution in [1.82, 2.24) is 14.1 Å². The Hall–Kier alpha value is -3.28. The van der Waals surface area contributed by atoms with Gasteiger partial charge < -0.3 is 14.8 Å². The van der Waals surface area contributed by atoms with E-state index in [1.165, 1.54) is 35.8 Å². The number of aromatic nitrogens is 2. The Bertz CT molecular complexity index is 1320. The molecule has 1 N–H and O–H groups in total. The third-order valence-electron chi connectivity index (χ3n) is 5.09. The molecular formula is C21H22N4O6S. The molecule has 2 heterocycles. The molecule has 1 fully saturated rings. The van der Waals surface area contributed by atoms with Gasteiger partial charge in [0.15, 0.2) is 0 Å². The molecule has 32 heavy (non-hydrogen) atoms. The number of nitrogens with zero attached hydrogens (tertiary/aromatic N) is 3. The molecule has 4 rings (SSSR count). The first-order chi connectivity index (χ1) is 15.4. The van der Waals surface area contributed by atoms with Crippen LogP contribution in [0.1, 0.15) is 0 Å². The van der Waals surface area contributed by atoms with Gasteiger partial charge in [-0.05, 0) is 24.3 Å². The molecule has 1 aliphatic rings. The van der Waals surface area contributed by atoms with Crippen LogP contribution >= 0.6 is 0 Å². The van der Waals surface area contributed by atoms with Crippen molar-refractivity contribution in [3.8, 4) is 5.75 Å². The van der Waals surface area contributed by atoms with Gasteiger partial charge in [0.1, 0.15) is 17.2 Å². The fourth-order valence-electron chi connectivity index (χ4n) is 3.46. The summed E-state index contributed by atoms with van der Waals surface area (Å²) in [6.07, 6.45) is 1.52. The molecule has 0 atom stereocenters. The number of morpholine rings is 1. The Morgan fingerprint density at radius 2 is 1.94 bits per heavy atom. The van der Waals surface area contributed by atoms with E-state index >= 15 is 0 Å². The van der Waals surface area contributed by atoms with E-state index in [0.717, 1.165) is 4.68 Å². The van der Waals surface area contributed by atoms with Gasteiger partial charge in [0.05, 0.1) is 31.9 Å². The molecule has 0 unspecified atom stereocenters. The highest BCUT2D eigenvalue weighted by Gasteiger charge is 2.29. The highest BCUT2D eigenvalue weighted by molar-refractivity contribution is 7.89. The number of carbonyl (C=O) groups is 1. The number of amides is 1. The number of anilines is 1. The first kappa shape index (κ1) is 21.9. The highest BCUT2D eigenvalue weighted by Crippen LogP contribution is 2.30. The van der Waals surface area contributed by atoms with Crippen LogP contribution in [0.15, 0.2) is 58.4 Å². The molecule has 3 aromatic rings. The fraction of sp³-hybridized carbons (Fsp3) is 0.286. The van der Waals surface area contributed by atoms with Gasteiger partial charge in [-0.15, -0.1) is 0 Å². The summed E-state index contributed by atoms with van der Waals surface area (Å²) in [7, 11) is -2.46. The van der Waals surface area contributed by atoms with E-state index in [0.29, 0.717) is 24.0 Å². The quantitative estimate of drug-likeness (QED) is 0.587. The predicted molar refractivity (Wildman–Crippen MR) is 117 cm³/mol. The second-order valence-corrected chi connectivity index (χ2v) is 9.03. The van der Waals surface area contributed by atoms with Crippen molar-refractivity contribution in [2.45, 2.75) is 11.4 Å². The lowest BCUT2D eigenvalue weighted by Crippen LogP contribution is -2.40. The maximum atomic E-state index is 13.1. The van der Waals surface area contributed by atoms with Gasteiger partial charge in [-0.2, -0.15) is 9.40 Å². The third-order valence-corrected chi connectivity index (χ3v) is 7.01. The van der Waals surface area contributed by atoms with E-state index in [1.807, 2.05) is 0 Å². The Balaban J connectivity index is 1.57. The predicted octanol–water partition coefficient (Wildman–Crippen LogP) is 1.06. The summed E-state index contributed by atoms with van der Waals surface area (Å²) in [6.45, 7) is 0.773. The maximum Gasteiger partial charge on any atom is 0.275 e. The van der Waals surface area contributed by atoms with Crippen LogP contribution in [0.25, 0.3) is 10.8 Å². The minimum Gasteiger partial charge on any atom is -0.495 e. The topological polar surface area (TPSA) is 120 Å². The number of methoxy groups -OCH3 is 1. The van der Waals surface area contributed by atoms with Gasteiger partial charge in [0.2, 0.25) is 15.9 Å². The average molecular weight is 458 g/mol. The molecule has 11 heteroatoms. The Labute approximate surface area is 184 Å². The van der Waals surface area contributed by atoms with Gasteiger partial charge in [-0.25, -0.2) is 13.1 Å². The minimum atomic E-state index is -3.84. The number of hydrogen-bond acceptors (Lipinski definition) is 7. The fourth-order valence-corrected chi connectivity index (χ4v) is 5.05. The Morgan fingerprint density at radius 3 is 2.69 bits per heavy atom. The van der Waals surface area contributed by atoms with Crippen molar-refractivity contribution in [3.05, 3.63) is 59.0 Å². The lowest BCUT2D eigenvalue weighted by atomic mass is 10.2. The summed E-state index contributed by atoms with van der Waals surface area (Å²) in [6, 6.07) is 11.3. The van der Waals surface area contributed by atoms with Crippen LogP contribution < -0.4 is 15.6 Å². The number of sulfonamides is 1. The van der Waals surface area contributed by atoms with Crippen LogP contribution in [0.4, 0.5) is 5.69 Å². The first-order valence-corrected chi connectivity index (χ1v) is 11.3. The zero-order chi connectivity index (χ0) is 22.7. The maximum absolute atomic E-state index is 13.1. The van der Waals surface area contributed by atoms with Gasteiger partial charge in [0, 0.05) is 24.2 Å². The zero-order valence-electron chi connectivity index (χ0n) is 17.4. The largest absolute Gasteiger partial charge is 0.495 e. The summed E-state index contributed by atoms with van der Waals surface area (Å²) in [5, 5.41) is 7.81. The second-order valence-electron chi connectivity index (χ2n) is 7.12. The van der Waals surface area contributed by atoms with Gasteiger partial charge in [-0.3, -0.25) is 9.59 Å². The molecule has 168 valence electrons. The highest BCUT2D eigenvalue weighted by atomic mass is 32.2. The summed E-state index contributed by atoms with van der Waals surface area (Å²) in [5.74, 6) is -0.350. The third kappa shape index (κ3) is 4.35. The summed E-state index contributed by atoms with van der Waals surface area (Å²) in [5.41, 5.74) is -0.125. The smallest absolute Gasteiger partial charge is 0.275 e. The van der Waals surface area contributed by atoms with Crippen LogP contribution in [-0.2, 0) is 26.1 Å². The zero-order valence-corrected chi connectivity index (χ0v) is 18.2. The van der Waals surface area contributed by atoms with Crippen LogP contribution in [0, 0.1) is 0 Å². The van der Waals surface area contributed by atoms with E-state index < -0.39 is 15.9 Å². The van der Waals surface area contributed by atoms with E-state index in [4.69, 9.17) is 9.47 Å². The lowest BCUT2D eigenvalue weighted by molar-refractivity contribution is -0.117. The lowest BCUT2D eigenvalue weighted by Gasteiger charge is -2.26. The molecule has 1 saturated heterocycles. The molecule has 0 aliphatic carbocycles. The van der Waals surface area contributed by atoms with Crippen LogP contribution in [0.2, 0.25) is 0 Å². The molecule has 1 amide bonds. The van der Waals surface area contributed by atoms with Crippen molar-refractivity contribution in [3.63, 3.8) is 0 Å². The number of rotatable bonds is 6. The van der Waals surface area contributed by atoms with Crippen molar-refractivity contribution in [2.24, 2.45) is 0 Å². The number of benzene rings is 2. The number of carbonyl (C=O) groups excluding carboxylic acids is 1. The Kier molecular flexibility index (Phi) is 6.21. The van der Waals surface area contributed by atoms with Crippen LogP contribution in [0.3, 0.4) is 0 Å². The summed E-state index contributed by atoms with van der Waals surface area (Å²) >= 11 is 0. The van der Waals surface area contributed by atoms with Crippen molar-refractivity contribution >= 4 is 32.4 Å². The molecule has 2 aromatic carbocycles. The molecule has 0 bridgehead atoms. The van der Waals surface area contributed by atoms with Gasteiger partial charge >= 0.3 is 0 Å². The normalized spacial score (nSPS) is 14.9. The Morgan fingerprint density at radius 1 is 1.19 bits per heavy atom. The molecule has 0 saturated carbocycles. The number of fused-ring (bicyclic) bond motifs is 1. The van der Waals surface area contributed by atoms with Gasteiger partial charge in [0.25, 0.3) is 5.56 Å². The molecule has 0 radical (unpaired) electrons. The minimum absolute atomic E-state index is 0.0549. The van der Waals surface area contributed by atoms with E-state index in [2.05, 4.69) is 10.4 Å². The van der Waals surface area contributed by atoms with E-state index in [9.17, 15) is 18.0 Å². The second kappa shape index (κ2) is 9.07. The van der Waals surface area contributed by atoms with Crippen molar-refractivity contribution in [2.75, 3.05) is 38.7 Å². The summed E-state index contributed by atoms with van der Waals surface area (Å²) < 4.78 is 39.0. The SMILES string of the molecule is COc1ccc(NC(=O)Cn2ncc3ccccc3c2=O)cc1S(=O)(=O)N1CCOCC1. The standard InChI is InChI=1S/C21H22N4O6S/c1-30-18-7-6-16(12-19(18)32(28,29)24-8-10-31-11-9-24)23-20(26)14-25-21(27)17-5-3-2-4-15(17)13-22-25/h2-7,12-13H,8-11,14H2,1H3,(H,23,26). The molecule has 1 aromatic heterocycles. The van der Waals surface area contributed by atoms with E-state index in [1.54, 1.807) is 24.3 Å². The van der Waals surface area contributed by atoms with Crippen LogP contribution in [0.5, 0.6) is 5.75 Å². The van der Waals surface area contributed by atoms with Crippen molar-refractivity contribution in [1.29, 1.82) is 0 Å². The number of hydrogen-bond donors (Lipinski definition) is 1. The summed E-state index contributed by atoms with van der Waals surface area (Å²) in [4.78, 5) is 25.1. The number of nitrogens with one attached hydrogen (secondary N) is 1. The van der Waals surface area contributed by atoms with Crippen LogP contribution in [-0.4, -0.2) is 61.8 Å².